The quantitative estimate of drug-likeness (QED) is 0.708. The molecule has 4 heteroatoms. The number of benzene rings is 2. The molecule has 0 bridgehead atoms. The molecule has 4 nitrogen and oxygen atoms in total. The van der Waals surface area contributed by atoms with Crippen molar-refractivity contribution < 1.29 is 9.21 Å². The van der Waals surface area contributed by atoms with Gasteiger partial charge in [0, 0.05) is 11.1 Å². The fourth-order valence-corrected chi connectivity index (χ4v) is 3.00. The second-order valence-corrected chi connectivity index (χ2v) is 6.66. The summed E-state index contributed by atoms with van der Waals surface area (Å²) >= 11 is 0. The van der Waals surface area contributed by atoms with Gasteiger partial charge in [0.1, 0.15) is 17.4 Å². The number of para-hydroxylation sites is 1. The SMILES string of the molecule is Cc1cc(C)cc(NC(C)C(=O)NC(C)c2cc3ccccc3o2)c1. The molecule has 1 aromatic heterocycles. The molecule has 0 aliphatic rings. The molecular weight excluding hydrogens is 312 g/mol. The van der Waals surface area contributed by atoms with E-state index in [1.54, 1.807) is 0 Å². The van der Waals surface area contributed by atoms with Gasteiger partial charge in [-0.25, -0.2) is 0 Å². The number of rotatable bonds is 5. The van der Waals surface area contributed by atoms with Gasteiger partial charge >= 0.3 is 0 Å². The molecule has 2 aromatic carbocycles. The zero-order valence-electron chi connectivity index (χ0n) is 15.1. The van der Waals surface area contributed by atoms with Crippen LogP contribution in [-0.2, 0) is 4.79 Å². The van der Waals surface area contributed by atoms with Crippen molar-refractivity contribution in [2.45, 2.75) is 39.8 Å². The molecule has 2 atom stereocenters. The van der Waals surface area contributed by atoms with E-state index in [4.69, 9.17) is 4.42 Å². The minimum absolute atomic E-state index is 0.0629. The zero-order valence-corrected chi connectivity index (χ0v) is 15.1. The zero-order chi connectivity index (χ0) is 18.0. The first-order valence-corrected chi connectivity index (χ1v) is 8.56. The Morgan fingerprint density at radius 2 is 1.68 bits per heavy atom. The highest BCUT2D eigenvalue weighted by Gasteiger charge is 2.18. The summed E-state index contributed by atoms with van der Waals surface area (Å²) in [4.78, 5) is 12.5. The monoisotopic (exact) mass is 336 g/mol. The average Bonchev–Trinajstić information content (AvgIpc) is 2.97. The molecular formula is C21H24N2O2. The lowest BCUT2D eigenvalue weighted by Gasteiger charge is -2.18. The molecule has 0 radical (unpaired) electrons. The van der Waals surface area contributed by atoms with Crippen molar-refractivity contribution in [3.63, 3.8) is 0 Å². The number of nitrogens with one attached hydrogen (secondary N) is 2. The Morgan fingerprint density at radius 1 is 1.00 bits per heavy atom. The maximum atomic E-state index is 12.5. The molecule has 0 saturated carbocycles. The molecule has 3 rings (SSSR count). The van der Waals surface area contributed by atoms with Crippen LogP contribution in [0, 0.1) is 13.8 Å². The van der Waals surface area contributed by atoms with Gasteiger partial charge in [-0.05, 0) is 63.1 Å². The van der Waals surface area contributed by atoms with Gasteiger partial charge < -0.3 is 15.1 Å². The maximum absolute atomic E-state index is 12.5. The lowest BCUT2D eigenvalue weighted by Crippen LogP contribution is -2.38. The van der Waals surface area contributed by atoms with Gasteiger partial charge in [0.15, 0.2) is 0 Å². The largest absolute Gasteiger partial charge is 0.459 e. The molecule has 0 fully saturated rings. The molecule has 25 heavy (non-hydrogen) atoms. The average molecular weight is 336 g/mol. The molecule has 1 heterocycles. The summed E-state index contributed by atoms with van der Waals surface area (Å²) in [5.41, 5.74) is 4.13. The van der Waals surface area contributed by atoms with E-state index in [0.29, 0.717) is 0 Å². The Kier molecular flexibility index (Phi) is 4.79. The second kappa shape index (κ2) is 7.01. The Morgan fingerprint density at radius 3 is 2.36 bits per heavy atom. The number of carbonyl (C=O) groups is 1. The minimum atomic E-state index is -0.340. The van der Waals surface area contributed by atoms with E-state index in [2.05, 4.69) is 16.7 Å². The summed E-state index contributed by atoms with van der Waals surface area (Å²) in [6, 6.07) is 15.5. The van der Waals surface area contributed by atoms with Gasteiger partial charge in [-0.2, -0.15) is 0 Å². The lowest BCUT2D eigenvalue weighted by molar-refractivity contribution is -0.122. The van der Waals surface area contributed by atoms with Crippen molar-refractivity contribution in [2.24, 2.45) is 0 Å². The maximum Gasteiger partial charge on any atom is 0.242 e. The standard InChI is InChI=1S/C21H24N2O2/c1-13-9-14(2)11-18(10-13)22-16(4)21(24)23-15(3)20-12-17-7-5-6-8-19(17)25-20/h5-12,15-16,22H,1-4H3,(H,23,24). The number of amides is 1. The van der Waals surface area contributed by atoms with Crippen molar-refractivity contribution in [3.05, 3.63) is 65.4 Å². The number of carbonyl (C=O) groups excluding carboxylic acids is 1. The predicted octanol–water partition coefficient (Wildman–Crippen LogP) is 4.73. The first-order valence-electron chi connectivity index (χ1n) is 8.56. The summed E-state index contributed by atoms with van der Waals surface area (Å²) in [7, 11) is 0. The Balaban J connectivity index is 1.65. The van der Waals surface area contributed by atoms with E-state index in [0.717, 1.165) is 22.4 Å². The van der Waals surface area contributed by atoms with E-state index in [-0.39, 0.29) is 18.0 Å². The highest BCUT2D eigenvalue weighted by Crippen LogP contribution is 2.23. The third kappa shape index (κ3) is 4.02. The van der Waals surface area contributed by atoms with Gasteiger partial charge in [-0.1, -0.05) is 24.3 Å². The highest BCUT2D eigenvalue weighted by atomic mass is 16.3. The number of furan rings is 1. The third-order valence-corrected chi connectivity index (χ3v) is 4.23. The van der Waals surface area contributed by atoms with E-state index in [9.17, 15) is 4.79 Å². The molecule has 1 amide bonds. The number of aryl methyl sites for hydroxylation is 2. The van der Waals surface area contributed by atoms with Crippen LogP contribution in [0.25, 0.3) is 11.0 Å². The predicted molar refractivity (Wildman–Crippen MR) is 102 cm³/mol. The molecule has 0 saturated heterocycles. The first kappa shape index (κ1) is 17.1. The van der Waals surface area contributed by atoms with Crippen molar-refractivity contribution in [3.8, 4) is 0 Å². The number of hydrogen-bond donors (Lipinski definition) is 2. The summed E-state index contributed by atoms with van der Waals surface area (Å²) in [5, 5.41) is 7.32. The normalized spacial score (nSPS) is 13.4. The molecule has 2 unspecified atom stereocenters. The van der Waals surface area contributed by atoms with Gasteiger partial charge in [0.25, 0.3) is 0 Å². The van der Waals surface area contributed by atoms with Gasteiger partial charge in [0.2, 0.25) is 5.91 Å². The van der Waals surface area contributed by atoms with E-state index >= 15 is 0 Å². The summed E-state index contributed by atoms with van der Waals surface area (Å²) < 4.78 is 5.83. The van der Waals surface area contributed by atoms with Crippen LogP contribution in [0.3, 0.4) is 0 Å². The lowest BCUT2D eigenvalue weighted by atomic mass is 10.1. The Hall–Kier alpha value is -2.75. The summed E-state index contributed by atoms with van der Waals surface area (Å²) in [6.45, 7) is 7.89. The van der Waals surface area contributed by atoms with Crippen molar-refractivity contribution in [2.75, 3.05) is 5.32 Å². The van der Waals surface area contributed by atoms with Crippen LogP contribution >= 0.6 is 0 Å². The van der Waals surface area contributed by atoms with E-state index in [1.807, 2.05) is 70.2 Å². The van der Waals surface area contributed by atoms with Crippen molar-refractivity contribution in [1.29, 1.82) is 0 Å². The van der Waals surface area contributed by atoms with Gasteiger partial charge in [0.05, 0.1) is 6.04 Å². The van der Waals surface area contributed by atoms with Crippen molar-refractivity contribution >= 4 is 22.6 Å². The smallest absolute Gasteiger partial charge is 0.242 e. The van der Waals surface area contributed by atoms with E-state index < -0.39 is 0 Å². The Labute approximate surface area is 148 Å². The first-order chi connectivity index (χ1) is 11.9. The number of anilines is 1. The van der Waals surface area contributed by atoms with Crippen LogP contribution in [-0.4, -0.2) is 11.9 Å². The molecule has 0 aliphatic heterocycles. The van der Waals surface area contributed by atoms with Crippen LogP contribution in [0.4, 0.5) is 5.69 Å². The second-order valence-electron chi connectivity index (χ2n) is 6.66. The van der Waals surface area contributed by atoms with Gasteiger partial charge in [-0.15, -0.1) is 0 Å². The Bertz CT molecular complexity index is 845. The van der Waals surface area contributed by atoms with Crippen LogP contribution in [0.1, 0.15) is 36.8 Å². The molecule has 0 aliphatic carbocycles. The highest BCUT2D eigenvalue weighted by molar-refractivity contribution is 5.85. The van der Waals surface area contributed by atoms with Crippen molar-refractivity contribution in [1.82, 2.24) is 5.32 Å². The van der Waals surface area contributed by atoms with Crippen LogP contribution in [0.5, 0.6) is 0 Å². The fourth-order valence-electron chi connectivity index (χ4n) is 3.00. The topological polar surface area (TPSA) is 54.3 Å². The van der Waals surface area contributed by atoms with E-state index in [1.165, 1.54) is 11.1 Å². The van der Waals surface area contributed by atoms with Crippen LogP contribution in [0.15, 0.2) is 52.9 Å². The van der Waals surface area contributed by atoms with Gasteiger partial charge in [-0.3, -0.25) is 4.79 Å². The molecule has 2 N–H and O–H groups in total. The summed E-state index contributed by atoms with van der Waals surface area (Å²) in [5.74, 6) is 0.695. The molecule has 3 aromatic rings. The third-order valence-electron chi connectivity index (χ3n) is 4.23. The fraction of sp³-hybridized carbons (Fsp3) is 0.286. The van der Waals surface area contributed by atoms with Crippen LogP contribution < -0.4 is 10.6 Å². The molecule has 0 spiro atoms. The number of fused-ring (bicyclic) bond motifs is 1. The minimum Gasteiger partial charge on any atom is -0.459 e. The molecule has 130 valence electrons. The van der Waals surface area contributed by atoms with Crippen LogP contribution in [0.2, 0.25) is 0 Å². The summed E-state index contributed by atoms with van der Waals surface area (Å²) in [6.07, 6.45) is 0. The number of hydrogen-bond acceptors (Lipinski definition) is 3.